The molecule has 0 saturated heterocycles. The van der Waals surface area contributed by atoms with Gasteiger partial charge < -0.3 is 14.8 Å². The highest BCUT2D eigenvalue weighted by Crippen LogP contribution is 2.30. The van der Waals surface area contributed by atoms with Crippen molar-refractivity contribution in [2.24, 2.45) is 11.8 Å². The Bertz CT molecular complexity index is 478. The summed E-state index contributed by atoms with van der Waals surface area (Å²) in [5.74, 6) is 2.49. The second-order valence-corrected chi connectivity index (χ2v) is 6.80. The Labute approximate surface area is 126 Å². The fourth-order valence-corrected chi connectivity index (χ4v) is 3.16. The van der Waals surface area contributed by atoms with E-state index in [4.69, 9.17) is 4.42 Å². The quantitative estimate of drug-likeness (QED) is 0.876. The van der Waals surface area contributed by atoms with E-state index in [-0.39, 0.29) is 12.5 Å². The lowest BCUT2D eigenvalue weighted by Crippen LogP contribution is -2.39. The van der Waals surface area contributed by atoms with Crippen molar-refractivity contribution < 1.29 is 14.3 Å². The Balaban J connectivity index is 1.80. The van der Waals surface area contributed by atoms with E-state index in [9.17, 15) is 9.90 Å². The molecule has 118 valence electrons. The molecule has 0 aliphatic heterocycles. The molecule has 0 radical (unpaired) electrons. The van der Waals surface area contributed by atoms with Crippen LogP contribution in [0.4, 0.5) is 0 Å². The Morgan fingerprint density at radius 1 is 1.48 bits per heavy atom. The van der Waals surface area contributed by atoms with Gasteiger partial charge in [-0.1, -0.05) is 19.8 Å². The first-order valence-corrected chi connectivity index (χ1v) is 7.93. The summed E-state index contributed by atoms with van der Waals surface area (Å²) in [5.41, 5.74) is -1.16. The van der Waals surface area contributed by atoms with Gasteiger partial charge in [-0.15, -0.1) is 0 Å². The van der Waals surface area contributed by atoms with Crippen LogP contribution in [0, 0.1) is 18.8 Å². The molecule has 0 aromatic carbocycles. The minimum absolute atomic E-state index is 0.0256. The molecule has 3 atom stereocenters. The highest BCUT2D eigenvalue weighted by atomic mass is 16.4. The number of furan rings is 1. The van der Waals surface area contributed by atoms with Gasteiger partial charge in [0.05, 0.1) is 6.54 Å². The van der Waals surface area contributed by atoms with Crippen LogP contribution in [-0.2, 0) is 10.4 Å². The highest BCUT2D eigenvalue weighted by molar-refractivity contribution is 5.76. The molecule has 4 nitrogen and oxygen atoms in total. The lowest BCUT2D eigenvalue weighted by atomic mass is 9.81. The number of rotatable bonds is 5. The summed E-state index contributed by atoms with van der Waals surface area (Å²) in [6.45, 7) is 5.94. The van der Waals surface area contributed by atoms with Crippen molar-refractivity contribution >= 4 is 5.91 Å². The van der Waals surface area contributed by atoms with Crippen LogP contribution in [0.2, 0.25) is 0 Å². The normalized spacial score (nSPS) is 25.3. The molecule has 1 fully saturated rings. The van der Waals surface area contributed by atoms with Gasteiger partial charge in [-0.25, -0.2) is 0 Å². The zero-order valence-corrected chi connectivity index (χ0v) is 13.3. The third-order valence-electron chi connectivity index (χ3n) is 4.42. The maximum atomic E-state index is 12.0. The minimum Gasteiger partial charge on any atom is -0.463 e. The number of hydrogen-bond donors (Lipinski definition) is 2. The first-order valence-electron chi connectivity index (χ1n) is 7.93. The Morgan fingerprint density at radius 2 is 2.24 bits per heavy atom. The molecule has 1 heterocycles. The van der Waals surface area contributed by atoms with E-state index < -0.39 is 5.60 Å². The molecule has 2 rings (SSSR count). The van der Waals surface area contributed by atoms with E-state index in [1.807, 2.05) is 13.0 Å². The van der Waals surface area contributed by atoms with Crippen molar-refractivity contribution in [2.45, 2.75) is 58.5 Å². The van der Waals surface area contributed by atoms with Gasteiger partial charge in [-0.05, 0) is 50.7 Å². The predicted octanol–water partition coefficient (Wildman–Crippen LogP) is 3.13. The SMILES string of the molecule is Cc1ccc(C(C)(O)CNC(=O)CC2CCCC(C)C2)o1. The van der Waals surface area contributed by atoms with Crippen molar-refractivity contribution in [1.29, 1.82) is 0 Å². The summed E-state index contributed by atoms with van der Waals surface area (Å²) in [7, 11) is 0. The number of aliphatic hydroxyl groups is 1. The second-order valence-electron chi connectivity index (χ2n) is 6.80. The Kier molecular flexibility index (Phi) is 5.09. The Morgan fingerprint density at radius 3 is 2.86 bits per heavy atom. The summed E-state index contributed by atoms with van der Waals surface area (Å²) in [5, 5.41) is 13.2. The number of amides is 1. The molecule has 1 aromatic heterocycles. The topological polar surface area (TPSA) is 62.5 Å². The summed E-state index contributed by atoms with van der Waals surface area (Å²) in [6.07, 6.45) is 5.36. The van der Waals surface area contributed by atoms with Crippen LogP contribution in [0.3, 0.4) is 0 Å². The summed E-state index contributed by atoms with van der Waals surface area (Å²) < 4.78 is 5.44. The number of hydrogen-bond acceptors (Lipinski definition) is 3. The summed E-state index contributed by atoms with van der Waals surface area (Å²) >= 11 is 0. The standard InChI is InChI=1S/C17H27NO3/c1-12-5-4-6-14(9-12)10-16(19)18-11-17(3,20)15-8-7-13(2)21-15/h7-8,12,14,20H,4-6,9-11H2,1-3H3,(H,18,19). The third kappa shape index (κ3) is 4.60. The van der Waals surface area contributed by atoms with Crippen molar-refractivity contribution in [1.82, 2.24) is 5.32 Å². The lowest BCUT2D eigenvalue weighted by molar-refractivity contribution is -0.123. The van der Waals surface area contributed by atoms with E-state index in [1.165, 1.54) is 12.8 Å². The van der Waals surface area contributed by atoms with Gasteiger partial charge in [-0.3, -0.25) is 4.79 Å². The first kappa shape index (κ1) is 16.1. The van der Waals surface area contributed by atoms with E-state index in [0.717, 1.165) is 24.5 Å². The average molecular weight is 293 g/mol. The van der Waals surface area contributed by atoms with Gasteiger partial charge in [0.15, 0.2) is 0 Å². The maximum absolute atomic E-state index is 12.0. The minimum atomic E-state index is -1.16. The largest absolute Gasteiger partial charge is 0.463 e. The number of carbonyl (C=O) groups excluding carboxylic acids is 1. The Hall–Kier alpha value is -1.29. The zero-order valence-electron chi connectivity index (χ0n) is 13.3. The van der Waals surface area contributed by atoms with Crippen LogP contribution in [0.25, 0.3) is 0 Å². The van der Waals surface area contributed by atoms with E-state index in [1.54, 1.807) is 13.0 Å². The third-order valence-corrected chi connectivity index (χ3v) is 4.42. The lowest BCUT2D eigenvalue weighted by Gasteiger charge is -2.27. The first-order chi connectivity index (χ1) is 9.87. The van der Waals surface area contributed by atoms with E-state index in [2.05, 4.69) is 12.2 Å². The molecule has 0 bridgehead atoms. The summed E-state index contributed by atoms with van der Waals surface area (Å²) in [6, 6.07) is 3.57. The van der Waals surface area contributed by atoms with Crippen LogP contribution in [0.5, 0.6) is 0 Å². The molecule has 1 aliphatic carbocycles. The molecular formula is C17H27NO3. The number of nitrogens with one attached hydrogen (secondary N) is 1. The van der Waals surface area contributed by atoms with Crippen molar-refractivity contribution in [2.75, 3.05) is 6.54 Å². The fourth-order valence-electron chi connectivity index (χ4n) is 3.16. The fraction of sp³-hybridized carbons (Fsp3) is 0.706. The van der Waals surface area contributed by atoms with E-state index >= 15 is 0 Å². The van der Waals surface area contributed by atoms with Gasteiger partial charge in [0.1, 0.15) is 17.1 Å². The van der Waals surface area contributed by atoms with Gasteiger partial charge in [0.2, 0.25) is 5.91 Å². The number of aryl methyl sites for hydroxylation is 1. The molecule has 4 heteroatoms. The number of carbonyl (C=O) groups is 1. The smallest absolute Gasteiger partial charge is 0.220 e. The van der Waals surface area contributed by atoms with Gasteiger partial charge in [0, 0.05) is 6.42 Å². The van der Waals surface area contributed by atoms with Gasteiger partial charge in [0.25, 0.3) is 0 Å². The molecule has 1 aromatic rings. The molecule has 1 saturated carbocycles. The predicted molar refractivity (Wildman–Crippen MR) is 81.8 cm³/mol. The molecule has 2 N–H and O–H groups in total. The van der Waals surface area contributed by atoms with Crippen molar-refractivity contribution in [3.8, 4) is 0 Å². The monoisotopic (exact) mass is 293 g/mol. The molecule has 0 spiro atoms. The second kappa shape index (κ2) is 6.65. The maximum Gasteiger partial charge on any atom is 0.220 e. The van der Waals surface area contributed by atoms with Crippen LogP contribution < -0.4 is 5.32 Å². The molecule has 3 unspecified atom stereocenters. The van der Waals surface area contributed by atoms with E-state index in [0.29, 0.717) is 18.1 Å². The van der Waals surface area contributed by atoms with Gasteiger partial charge >= 0.3 is 0 Å². The van der Waals surface area contributed by atoms with Crippen LogP contribution in [-0.4, -0.2) is 17.6 Å². The molecular weight excluding hydrogens is 266 g/mol. The van der Waals surface area contributed by atoms with Crippen LogP contribution >= 0.6 is 0 Å². The zero-order chi connectivity index (χ0) is 15.5. The van der Waals surface area contributed by atoms with Crippen LogP contribution in [0.15, 0.2) is 16.5 Å². The molecule has 1 aliphatic rings. The molecule has 21 heavy (non-hydrogen) atoms. The van der Waals surface area contributed by atoms with Gasteiger partial charge in [-0.2, -0.15) is 0 Å². The van der Waals surface area contributed by atoms with Crippen LogP contribution in [0.1, 0.15) is 57.5 Å². The van der Waals surface area contributed by atoms with Crippen molar-refractivity contribution in [3.63, 3.8) is 0 Å². The van der Waals surface area contributed by atoms with Crippen molar-refractivity contribution in [3.05, 3.63) is 23.7 Å². The summed E-state index contributed by atoms with van der Waals surface area (Å²) in [4.78, 5) is 12.0. The highest BCUT2D eigenvalue weighted by Gasteiger charge is 2.28. The average Bonchev–Trinajstić information content (AvgIpc) is 2.84. The molecule has 1 amide bonds.